The molecule has 4 rings (SSSR count). The Morgan fingerprint density at radius 3 is 2.12 bits per heavy atom. The smallest absolute Gasteiger partial charge is 0.229 e. The molecule has 2 aliphatic heterocycles. The van der Waals surface area contributed by atoms with Crippen LogP contribution in [-0.2, 0) is 20.6 Å². The van der Waals surface area contributed by atoms with Gasteiger partial charge in [0.1, 0.15) is 59.4 Å². The number of ether oxygens (including phenoxy) is 5. The number of hydrogen-bond donors (Lipinski definition) is 9. The zero-order valence-corrected chi connectivity index (χ0v) is 23.3. The molecule has 2 aliphatic rings. The SMILES string of the molecule is COc1ccc(CCC(=O)c2c(O)cc(O[C@@H]3O[C@H](CO)[C@@H](O)[C@@H](O)[C@H]3O[C@@H]3O[C@@H](C)[C@H](O)[C@H](O)[C@@H]3O)cc2O)cc1O. The summed E-state index contributed by atoms with van der Waals surface area (Å²) in [6.45, 7) is 0.662. The van der Waals surface area contributed by atoms with Gasteiger partial charge in [-0.15, -0.1) is 0 Å². The normalized spacial score (nSPS) is 32.7. The van der Waals surface area contributed by atoms with E-state index in [0.717, 1.165) is 12.1 Å². The lowest BCUT2D eigenvalue weighted by Gasteiger charge is -2.45. The van der Waals surface area contributed by atoms with Crippen molar-refractivity contribution in [2.45, 2.75) is 81.2 Å². The van der Waals surface area contributed by atoms with Gasteiger partial charge in [-0.2, -0.15) is 0 Å². The van der Waals surface area contributed by atoms with Crippen LogP contribution in [0.1, 0.15) is 29.3 Å². The van der Waals surface area contributed by atoms with E-state index >= 15 is 0 Å². The van der Waals surface area contributed by atoms with Gasteiger partial charge in [-0.3, -0.25) is 4.79 Å². The summed E-state index contributed by atoms with van der Waals surface area (Å²) in [6.07, 6.45) is -15.5. The number of rotatable bonds is 10. The minimum absolute atomic E-state index is 0.110. The highest BCUT2D eigenvalue weighted by atomic mass is 16.8. The molecule has 0 amide bonds. The number of benzene rings is 2. The first-order valence-electron chi connectivity index (χ1n) is 13.5. The van der Waals surface area contributed by atoms with Gasteiger partial charge in [0.05, 0.1) is 19.8 Å². The van der Waals surface area contributed by atoms with E-state index in [2.05, 4.69) is 0 Å². The van der Waals surface area contributed by atoms with Crippen LogP contribution in [0.15, 0.2) is 30.3 Å². The Morgan fingerprint density at radius 2 is 1.51 bits per heavy atom. The largest absolute Gasteiger partial charge is 0.507 e. The monoisotopic (exact) mass is 612 g/mol. The Bertz CT molecular complexity index is 1250. The average Bonchev–Trinajstić information content (AvgIpc) is 2.96. The number of carbonyl (C=O) groups excluding carboxylic acids is 1. The molecule has 2 heterocycles. The van der Waals surface area contributed by atoms with Crippen LogP contribution < -0.4 is 9.47 Å². The lowest BCUT2D eigenvalue weighted by Crippen LogP contribution is -2.64. The summed E-state index contributed by atoms with van der Waals surface area (Å²) >= 11 is 0. The van der Waals surface area contributed by atoms with Crippen molar-refractivity contribution in [1.29, 1.82) is 0 Å². The number of aliphatic hydroxyl groups is 6. The Labute approximate surface area is 245 Å². The standard InChI is InChI=1S/C28H36O15/c1-11-21(34)23(36)25(38)27(40-11)43-26-24(37)22(35)19(10-29)42-28(26)41-13-8-16(32)20(17(33)9-13)14(30)5-3-12-4-6-18(39-2)15(31)7-12/h4,6-9,11,19,21-29,31-38H,3,5,10H2,1-2H3/t11-,19+,21-,22+,23-,24+,25-,26+,27-,28+/m0/s1. The van der Waals surface area contributed by atoms with E-state index in [1.807, 2.05) is 0 Å². The Kier molecular flexibility index (Phi) is 10.3. The highest BCUT2D eigenvalue weighted by Gasteiger charge is 2.51. The number of phenols is 3. The first-order chi connectivity index (χ1) is 20.4. The molecule has 0 radical (unpaired) electrons. The van der Waals surface area contributed by atoms with Gasteiger partial charge in [-0.05, 0) is 31.0 Å². The minimum Gasteiger partial charge on any atom is -0.507 e. The summed E-state index contributed by atoms with van der Waals surface area (Å²) in [4.78, 5) is 12.9. The van der Waals surface area contributed by atoms with Gasteiger partial charge < -0.3 is 69.6 Å². The lowest BCUT2D eigenvalue weighted by atomic mass is 9.97. The maximum Gasteiger partial charge on any atom is 0.229 e. The third-order valence-electron chi connectivity index (χ3n) is 7.41. The number of methoxy groups -OCH3 is 1. The van der Waals surface area contributed by atoms with E-state index in [4.69, 9.17) is 23.7 Å². The highest BCUT2D eigenvalue weighted by Crippen LogP contribution is 2.37. The lowest BCUT2D eigenvalue weighted by molar-refractivity contribution is -0.354. The quantitative estimate of drug-likeness (QED) is 0.141. The minimum atomic E-state index is -1.79. The van der Waals surface area contributed by atoms with Gasteiger partial charge in [0.25, 0.3) is 0 Å². The second-order valence-electron chi connectivity index (χ2n) is 10.4. The number of phenolic OH excluding ortho intramolecular Hbond substituents is 3. The van der Waals surface area contributed by atoms with Crippen molar-refractivity contribution in [3.63, 3.8) is 0 Å². The number of aryl methyl sites for hydroxylation is 1. The van der Waals surface area contributed by atoms with E-state index in [9.17, 15) is 50.8 Å². The molecular formula is C28H36O15. The third kappa shape index (κ3) is 6.95. The Morgan fingerprint density at radius 1 is 0.837 bits per heavy atom. The average molecular weight is 613 g/mol. The molecule has 0 aromatic heterocycles. The van der Waals surface area contributed by atoms with E-state index < -0.39 is 90.9 Å². The van der Waals surface area contributed by atoms with Crippen LogP contribution in [0.2, 0.25) is 0 Å². The number of aromatic hydroxyl groups is 3. The molecule has 2 saturated heterocycles. The molecule has 15 heteroatoms. The number of aliphatic hydroxyl groups excluding tert-OH is 6. The maximum atomic E-state index is 12.9. The zero-order valence-electron chi connectivity index (χ0n) is 23.3. The molecule has 0 aliphatic carbocycles. The zero-order chi connectivity index (χ0) is 31.6. The molecular weight excluding hydrogens is 576 g/mol. The second kappa shape index (κ2) is 13.6. The van der Waals surface area contributed by atoms with Gasteiger partial charge in [0.15, 0.2) is 29.7 Å². The van der Waals surface area contributed by atoms with Gasteiger partial charge in [0.2, 0.25) is 6.29 Å². The van der Waals surface area contributed by atoms with Crippen LogP contribution in [-0.4, -0.2) is 127 Å². The predicted molar refractivity (Wildman–Crippen MR) is 143 cm³/mol. The van der Waals surface area contributed by atoms with Crippen molar-refractivity contribution in [3.05, 3.63) is 41.5 Å². The second-order valence-corrected chi connectivity index (χ2v) is 10.4. The van der Waals surface area contributed by atoms with Crippen molar-refractivity contribution in [1.82, 2.24) is 0 Å². The molecule has 0 saturated carbocycles. The number of Topliss-reactive ketones (excluding diaryl/α,β-unsaturated/α-hetero) is 1. The summed E-state index contributed by atoms with van der Waals surface area (Å²) in [6, 6.07) is 6.59. The first kappa shape index (κ1) is 32.7. The molecule has 238 valence electrons. The van der Waals surface area contributed by atoms with Crippen LogP contribution in [0.3, 0.4) is 0 Å². The first-order valence-corrected chi connectivity index (χ1v) is 13.5. The van der Waals surface area contributed by atoms with E-state index in [-0.39, 0.29) is 30.1 Å². The highest BCUT2D eigenvalue weighted by molar-refractivity contribution is 6.01. The van der Waals surface area contributed by atoms with Gasteiger partial charge in [-0.1, -0.05) is 6.07 Å². The topological polar surface area (TPSA) is 245 Å². The predicted octanol–water partition coefficient (Wildman–Crippen LogP) is -1.34. The Balaban J connectivity index is 1.51. The summed E-state index contributed by atoms with van der Waals surface area (Å²) in [5.41, 5.74) is 0.208. The molecule has 2 fully saturated rings. The molecule has 43 heavy (non-hydrogen) atoms. The molecule has 0 bridgehead atoms. The van der Waals surface area contributed by atoms with Crippen LogP contribution >= 0.6 is 0 Å². The van der Waals surface area contributed by atoms with E-state index in [0.29, 0.717) is 5.56 Å². The van der Waals surface area contributed by atoms with Crippen LogP contribution in [0, 0.1) is 0 Å². The van der Waals surface area contributed by atoms with Gasteiger partial charge in [0, 0.05) is 18.6 Å². The number of hydrogen-bond acceptors (Lipinski definition) is 15. The van der Waals surface area contributed by atoms with Gasteiger partial charge in [-0.25, -0.2) is 0 Å². The number of ketones is 1. The molecule has 2 aromatic rings. The summed E-state index contributed by atoms with van der Waals surface area (Å²) in [7, 11) is 1.40. The van der Waals surface area contributed by atoms with Crippen molar-refractivity contribution in [2.75, 3.05) is 13.7 Å². The van der Waals surface area contributed by atoms with Crippen LogP contribution in [0.4, 0.5) is 0 Å². The fourth-order valence-electron chi connectivity index (χ4n) is 4.93. The molecule has 0 spiro atoms. The summed E-state index contributed by atoms with van der Waals surface area (Å²) in [5.74, 6) is -2.04. The summed E-state index contributed by atoms with van der Waals surface area (Å²) in [5, 5.41) is 92.3. The molecule has 15 nitrogen and oxygen atoms in total. The number of carbonyl (C=O) groups is 1. The molecule has 0 unspecified atom stereocenters. The molecule has 2 aromatic carbocycles. The van der Waals surface area contributed by atoms with Crippen LogP contribution in [0.25, 0.3) is 0 Å². The molecule has 10 atom stereocenters. The molecule has 9 N–H and O–H groups in total. The Hall–Kier alpha value is -3.25. The fraction of sp³-hybridized carbons (Fsp3) is 0.536. The maximum absolute atomic E-state index is 12.9. The van der Waals surface area contributed by atoms with Crippen molar-refractivity contribution >= 4 is 5.78 Å². The van der Waals surface area contributed by atoms with Crippen LogP contribution in [0.5, 0.6) is 28.7 Å². The third-order valence-corrected chi connectivity index (χ3v) is 7.41. The van der Waals surface area contributed by atoms with Gasteiger partial charge >= 0.3 is 0 Å². The van der Waals surface area contributed by atoms with Crippen molar-refractivity contribution < 1.29 is 74.4 Å². The summed E-state index contributed by atoms with van der Waals surface area (Å²) < 4.78 is 27.2. The van der Waals surface area contributed by atoms with Crippen molar-refractivity contribution in [2.24, 2.45) is 0 Å². The fourth-order valence-corrected chi connectivity index (χ4v) is 4.93. The van der Waals surface area contributed by atoms with E-state index in [1.54, 1.807) is 6.07 Å². The van der Waals surface area contributed by atoms with Crippen molar-refractivity contribution in [3.8, 4) is 28.7 Å². The van der Waals surface area contributed by atoms with E-state index in [1.165, 1.54) is 26.2 Å².